The smallest absolute Gasteiger partial charge is 0.370 e. The first-order valence-electron chi connectivity index (χ1n) is 17.6. The summed E-state index contributed by atoms with van der Waals surface area (Å²) in [6.07, 6.45) is 0.226. The Morgan fingerprint density at radius 3 is 2.16 bits per heavy atom. The third-order valence-corrected chi connectivity index (χ3v) is 8.52. The van der Waals surface area contributed by atoms with Gasteiger partial charge in [-0.05, 0) is 91.9 Å². The SMILES string of the molecule is C[C@H](N)CCCc1cc(CC(F)(F)F)cc(C(C)(C)C)c1.C[C@H](NCCCN=C(N)N)c1ccc(-n2cc3cc(C(C)(C)C)[nH]c3nc2=O)cc1. The minimum atomic E-state index is -4.17. The summed E-state index contributed by atoms with van der Waals surface area (Å²) < 4.78 is 39.5. The van der Waals surface area contributed by atoms with E-state index in [0.29, 0.717) is 17.8 Å². The van der Waals surface area contributed by atoms with Crippen LogP contribution in [0.1, 0.15) is 109 Å². The van der Waals surface area contributed by atoms with E-state index >= 15 is 0 Å². The number of aromatic amines is 1. The van der Waals surface area contributed by atoms with Gasteiger partial charge < -0.3 is 27.5 Å². The Labute approximate surface area is 300 Å². The number of alkyl halides is 3. The van der Waals surface area contributed by atoms with Gasteiger partial charge in [0.1, 0.15) is 5.65 Å². The molecule has 280 valence electrons. The lowest BCUT2D eigenvalue weighted by Crippen LogP contribution is -2.24. The van der Waals surface area contributed by atoms with Crippen LogP contribution in [0.15, 0.2) is 64.5 Å². The van der Waals surface area contributed by atoms with Crippen molar-refractivity contribution in [2.24, 2.45) is 22.2 Å². The molecule has 2 aromatic heterocycles. The highest BCUT2D eigenvalue weighted by molar-refractivity contribution is 5.76. The number of hydrogen-bond donors (Lipinski definition) is 5. The van der Waals surface area contributed by atoms with E-state index in [2.05, 4.69) is 54.0 Å². The highest BCUT2D eigenvalue weighted by Crippen LogP contribution is 2.29. The molecule has 4 aromatic rings. The molecule has 0 aliphatic rings. The first-order valence-corrected chi connectivity index (χ1v) is 17.6. The van der Waals surface area contributed by atoms with Crippen LogP contribution in [-0.2, 0) is 23.7 Å². The van der Waals surface area contributed by atoms with Gasteiger partial charge in [-0.25, -0.2) is 4.79 Å². The van der Waals surface area contributed by atoms with Crippen LogP contribution in [0.4, 0.5) is 13.2 Å². The molecule has 2 atom stereocenters. The van der Waals surface area contributed by atoms with Gasteiger partial charge in [-0.3, -0.25) is 9.56 Å². The van der Waals surface area contributed by atoms with Crippen LogP contribution in [0.2, 0.25) is 0 Å². The van der Waals surface area contributed by atoms with Crippen molar-refractivity contribution in [2.75, 3.05) is 13.1 Å². The lowest BCUT2D eigenvalue weighted by molar-refractivity contribution is -0.127. The number of guanidine groups is 1. The summed E-state index contributed by atoms with van der Waals surface area (Å²) >= 11 is 0. The van der Waals surface area contributed by atoms with Gasteiger partial charge in [0.15, 0.2) is 5.96 Å². The zero-order chi connectivity index (χ0) is 38.1. The number of aromatic nitrogens is 3. The van der Waals surface area contributed by atoms with Gasteiger partial charge in [-0.1, -0.05) is 71.9 Å². The number of halogens is 3. The van der Waals surface area contributed by atoms with E-state index in [-0.39, 0.29) is 34.6 Å². The van der Waals surface area contributed by atoms with E-state index in [1.165, 1.54) is 0 Å². The molecular weight excluding hydrogens is 653 g/mol. The summed E-state index contributed by atoms with van der Waals surface area (Å²) in [4.78, 5) is 24.0. The number of aryl methyl sites for hydroxylation is 1. The van der Waals surface area contributed by atoms with Crippen molar-refractivity contribution in [3.63, 3.8) is 0 Å². The van der Waals surface area contributed by atoms with Gasteiger partial charge in [-0.15, -0.1) is 0 Å². The standard InChI is InChI=1S/C22H31N7O.C17H26F3N/c1-14(25-10-5-11-26-20(23)24)15-6-8-17(9-7-15)29-13-16-12-18(22(2,3)4)27-19(16)28-21(29)30;1-12(21)6-5-7-13-8-14(11-17(18,19)20)10-15(9-13)16(2,3)4/h6-9,12-14,25H,5,10-11H2,1-4H3,(H4,23,24,26)(H,27,28,30);8-10,12H,5-7,11,21H2,1-4H3/t14-;12-/m00/s1. The second kappa shape index (κ2) is 17.4. The molecule has 0 aliphatic heterocycles. The molecule has 9 nitrogen and oxygen atoms in total. The van der Waals surface area contributed by atoms with Crippen LogP contribution in [0.5, 0.6) is 0 Å². The number of nitrogens with one attached hydrogen (secondary N) is 2. The summed E-state index contributed by atoms with van der Waals surface area (Å²) in [5.41, 5.74) is 21.8. The molecule has 0 saturated heterocycles. The average Bonchev–Trinajstić information content (AvgIpc) is 3.43. The minimum Gasteiger partial charge on any atom is -0.370 e. The van der Waals surface area contributed by atoms with Gasteiger partial charge in [-0.2, -0.15) is 18.2 Å². The molecule has 0 saturated carbocycles. The number of benzene rings is 2. The second-order valence-electron chi connectivity index (χ2n) is 15.5. The van der Waals surface area contributed by atoms with Crippen molar-refractivity contribution >= 4 is 17.0 Å². The molecule has 2 aromatic carbocycles. The molecule has 0 radical (unpaired) electrons. The largest absolute Gasteiger partial charge is 0.393 e. The molecule has 0 unspecified atom stereocenters. The summed E-state index contributed by atoms with van der Waals surface area (Å²) in [5.74, 6) is 0.121. The first kappa shape index (κ1) is 41.3. The zero-order valence-corrected chi connectivity index (χ0v) is 31.4. The Morgan fingerprint density at radius 2 is 1.59 bits per heavy atom. The highest BCUT2D eigenvalue weighted by atomic mass is 19.4. The Morgan fingerprint density at radius 1 is 0.941 bits per heavy atom. The number of rotatable bonds is 12. The molecule has 12 heteroatoms. The lowest BCUT2D eigenvalue weighted by Gasteiger charge is -2.22. The predicted molar refractivity (Wildman–Crippen MR) is 204 cm³/mol. The van der Waals surface area contributed by atoms with Gasteiger partial charge >= 0.3 is 11.9 Å². The number of H-pyrrole nitrogens is 1. The van der Waals surface area contributed by atoms with Crippen molar-refractivity contribution in [3.8, 4) is 5.69 Å². The number of aliphatic imine (C=N–C) groups is 1. The second-order valence-corrected chi connectivity index (χ2v) is 15.5. The van der Waals surface area contributed by atoms with Gasteiger partial charge in [0.2, 0.25) is 0 Å². The Hall–Kier alpha value is -4.16. The maximum Gasteiger partial charge on any atom is 0.393 e. The fraction of sp³-hybridized carbons (Fsp3) is 0.513. The molecule has 4 rings (SSSR count). The maximum atomic E-state index is 12.6. The summed E-state index contributed by atoms with van der Waals surface area (Å²) in [6.45, 7) is 17.9. The predicted octanol–water partition coefficient (Wildman–Crippen LogP) is 7.08. The minimum absolute atomic E-state index is 0.0390. The number of fused-ring (bicyclic) bond motifs is 1. The number of nitrogens with zero attached hydrogens (tertiary/aromatic N) is 3. The van der Waals surface area contributed by atoms with Crippen LogP contribution in [0.3, 0.4) is 0 Å². The van der Waals surface area contributed by atoms with Crippen LogP contribution < -0.4 is 28.2 Å². The van der Waals surface area contributed by atoms with Crippen molar-refractivity contribution in [2.45, 2.75) is 117 Å². The maximum absolute atomic E-state index is 12.6. The van der Waals surface area contributed by atoms with Gasteiger partial charge in [0.25, 0.3) is 0 Å². The Bertz CT molecular complexity index is 1790. The lowest BCUT2D eigenvalue weighted by atomic mass is 9.84. The summed E-state index contributed by atoms with van der Waals surface area (Å²) in [7, 11) is 0. The third kappa shape index (κ3) is 13.5. The van der Waals surface area contributed by atoms with Gasteiger partial charge in [0.05, 0.1) is 12.1 Å². The molecule has 2 heterocycles. The molecular formula is C39H57F3N8O. The van der Waals surface area contributed by atoms with Crippen LogP contribution in [-0.4, -0.2) is 45.8 Å². The van der Waals surface area contributed by atoms with Gasteiger partial charge in [0, 0.05) is 41.3 Å². The van der Waals surface area contributed by atoms with E-state index in [0.717, 1.165) is 65.7 Å². The molecule has 0 amide bonds. The first-order chi connectivity index (χ1) is 23.6. The van der Waals surface area contributed by atoms with Crippen LogP contribution >= 0.6 is 0 Å². The van der Waals surface area contributed by atoms with Crippen molar-refractivity contribution in [1.29, 1.82) is 0 Å². The molecule has 0 fully saturated rings. The number of hydrogen-bond acceptors (Lipinski definition) is 5. The zero-order valence-electron chi connectivity index (χ0n) is 31.4. The quantitative estimate of drug-likeness (QED) is 0.0602. The topological polar surface area (TPSA) is 153 Å². The average molecular weight is 711 g/mol. The third-order valence-electron chi connectivity index (χ3n) is 8.52. The van der Waals surface area contributed by atoms with E-state index in [9.17, 15) is 18.0 Å². The molecule has 0 bridgehead atoms. The molecule has 0 aliphatic carbocycles. The summed E-state index contributed by atoms with van der Waals surface area (Å²) in [5, 5.41) is 4.36. The number of nitrogens with two attached hydrogens (primary N) is 3. The Kier molecular flexibility index (Phi) is 14.1. The monoisotopic (exact) mass is 710 g/mol. The molecule has 8 N–H and O–H groups in total. The van der Waals surface area contributed by atoms with E-state index in [1.807, 2.05) is 64.2 Å². The van der Waals surface area contributed by atoms with Crippen molar-refractivity contribution in [1.82, 2.24) is 19.9 Å². The Balaban J connectivity index is 0.000000295. The van der Waals surface area contributed by atoms with Crippen molar-refractivity contribution in [3.05, 3.63) is 93.2 Å². The van der Waals surface area contributed by atoms with Crippen LogP contribution in [0, 0.1) is 0 Å². The van der Waals surface area contributed by atoms with Crippen LogP contribution in [0.25, 0.3) is 16.7 Å². The molecule has 51 heavy (non-hydrogen) atoms. The normalized spacial score (nSPS) is 13.4. The molecule has 0 spiro atoms. The van der Waals surface area contributed by atoms with E-state index in [1.54, 1.807) is 16.7 Å². The van der Waals surface area contributed by atoms with Crippen molar-refractivity contribution < 1.29 is 13.2 Å². The fourth-order valence-corrected chi connectivity index (χ4v) is 5.53. The van der Waals surface area contributed by atoms with E-state index in [4.69, 9.17) is 17.2 Å². The highest BCUT2D eigenvalue weighted by Gasteiger charge is 2.28. The summed E-state index contributed by atoms with van der Waals surface area (Å²) in [6, 6.07) is 15.7. The van der Waals surface area contributed by atoms with E-state index < -0.39 is 12.6 Å². The fourth-order valence-electron chi connectivity index (χ4n) is 5.53.